The number of hydrogen-bond acceptors (Lipinski definition) is 7. The number of likely N-dealkylation sites (N-methyl/N-ethyl adjacent to an activating group) is 1. The number of anilines is 5. The number of ether oxygens (including phenoxy) is 1. The number of piperazine rings is 1. The molecule has 1 saturated heterocycles. The highest BCUT2D eigenvalue weighted by molar-refractivity contribution is 5.99. The third-order valence-corrected chi connectivity index (χ3v) is 7.35. The van der Waals surface area contributed by atoms with Crippen LogP contribution in [0.25, 0.3) is 0 Å². The van der Waals surface area contributed by atoms with Crippen LogP contribution >= 0.6 is 0 Å². The van der Waals surface area contributed by atoms with E-state index in [1.807, 2.05) is 42.5 Å². The maximum Gasteiger partial charge on any atom is 0.327 e. The number of amides is 2. The van der Waals surface area contributed by atoms with Crippen molar-refractivity contribution in [2.75, 3.05) is 55.5 Å². The minimum absolute atomic E-state index is 0.161. The zero-order valence-electron chi connectivity index (χ0n) is 24.2. The predicted molar refractivity (Wildman–Crippen MR) is 165 cm³/mol. The number of urea groups is 1. The average Bonchev–Trinajstić information content (AvgIpc) is 3.01. The minimum Gasteiger partial charge on any atom is -0.497 e. The minimum atomic E-state index is -0.394. The highest BCUT2D eigenvalue weighted by Gasteiger charge is 2.22. The van der Waals surface area contributed by atoms with Crippen LogP contribution in [0, 0.1) is 5.82 Å². The van der Waals surface area contributed by atoms with Crippen molar-refractivity contribution in [3.63, 3.8) is 0 Å². The highest BCUT2D eigenvalue weighted by Crippen LogP contribution is 2.30. The molecule has 0 spiro atoms. The van der Waals surface area contributed by atoms with E-state index in [1.165, 1.54) is 23.4 Å². The van der Waals surface area contributed by atoms with Crippen molar-refractivity contribution in [3.05, 3.63) is 96.1 Å². The van der Waals surface area contributed by atoms with Crippen molar-refractivity contribution >= 4 is 34.7 Å². The van der Waals surface area contributed by atoms with E-state index in [0.29, 0.717) is 22.9 Å². The van der Waals surface area contributed by atoms with Crippen molar-refractivity contribution in [3.8, 4) is 5.75 Å². The molecule has 0 atom stereocenters. The number of benzene rings is 3. The number of aromatic nitrogens is 2. The van der Waals surface area contributed by atoms with Gasteiger partial charge >= 0.3 is 6.03 Å². The fourth-order valence-electron chi connectivity index (χ4n) is 4.92. The summed E-state index contributed by atoms with van der Waals surface area (Å²) >= 11 is 0. The molecule has 0 bridgehead atoms. The SMILES string of the molecule is CCc1cc(OC)ccc1Nc1cc(N(C(=O)NCc2cccc(F)c2)c2ccc(N3CCN(C)CC3)cc2)ncn1. The van der Waals surface area contributed by atoms with Gasteiger partial charge in [-0.3, -0.25) is 0 Å². The second-order valence-electron chi connectivity index (χ2n) is 10.2. The molecule has 2 heterocycles. The Hall–Kier alpha value is -4.70. The van der Waals surface area contributed by atoms with Crippen LogP contribution in [0.2, 0.25) is 0 Å². The molecule has 1 aromatic heterocycles. The van der Waals surface area contributed by atoms with Crippen molar-refractivity contribution in [2.24, 2.45) is 0 Å². The molecule has 3 aromatic carbocycles. The van der Waals surface area contributed by atoms with Gasteiger partial charge in [-0.1, -0.05) is 19.1 Å². The molecule has 1 aliphatic heterocycles. The summed E-state index contributed by atoms with van der Waals surface area (Å²) in [6.07, 6.45) is 2.23. The molecule has 0 radical (unpaired) electrons. The summed E-state index contributed by atoms with van der Waals surface area (Å²) < 4.78 is 19.1. The lowest BCUT2D eigenvalue weighted by molar-refractivity contribution is 0.248. The summed E-state index contributed by atoms with van der Waals surface area (Å²) in [4.78, 5) is 28.7. The third kappa shape index (κ3) is 6.95. The van der Waals surface area contributed by atoms with Crippen LogP contribution in [-0.4, -0.2) is 61.2 Å². The topological polar surface area (TPSA) is 85.9 Å². The molecule has 42 heavy (non-hydrogen) atoms. The van der Waals surface area contributed by atoms with Gasteiger partial charge in [-0.25, -0.2) is 24.1 Å². The van der Waals surface area contributed by atoms with Crippen LogP contribution in [0.3, 0.4) is 0 Å². The zero-order chi connectivity index (χ0) is 29.5. The summed E-state index contributed by atoms with van der Waals surface area (Å²) in [7, 11) is 3.77. The van der Waals surface area contributed by atoms with Gasteiger partial charge < -0.3 is 25.2 Å². The largest absolute Gasteiger partial charge is 0.497 e. The van der Waals surface area contributed by atoms with Crippen LogP contribution < -0.4 is 25.2 Å². The summed E-state index contributed by atoms with van der Waals surface area (Å²) in [6, 6.07) is 21.2. The first-order valence-corrected chi connectivity index (χ1v) is 14.1. The number of methoxy groups -OCH3 is 1. The van der Waals surface area contributed by atoms with Gasteiger partial charge in [-0.2, -0.15) is 0 Å². The molecule has 4 aromatic rings. The van der Waals surface area contributed by atoms with Crippen LogP contribution in [0.15, 0.2) is 79.1 Å². The molecule has 218 valence electrons. The van der Waals surface area contributed by atoms with Crippen molar-refractivity contribution in [1.82, 2.24) is 20.2 Å². The Bertz CT molecular complexity index is 1510. The molecular formula is C32H36FN7O2. The molecule has 1 fully saturated rings. The zero-order valence-corrected chi connectivity index (χ0v) is 24.2. The molecule has 5 rings (SSSR count). The Morgan fingerprint density at radius 1 is 1.00 bits per heavy atom. The van der Waals surface area contributed by atoms with E-state index >= 15 is 0 Å². The predicted octanol–water partition coefficient (Wildman–Crippen LogP) is 5.73. The Balaban J connectivity index is 1.42. The van der Waals surface area contributed by atoms with Crippen molar-refractivity contribution in [2.45, 2.75) is 19.9 Å². The second kappa shape index (κ2) is 13.3. The fourth-order valence-corrected chi connectivity index (χ4v) is 4.92. The van der Waals surface area contributed by atoms with Gasteiger partial charge in [-0.05, 0) is 79.2 Å². The quantitative estimate of drug-likeness (QED) is 0.266. The average molecular weight is 570 g/mol. The lowest BCUT2D eigenvalue weighted by atomic mass is 10.1. The lowest BCUT2D eigenvalue weighted by Gasteiger charge is -2.34. The molecule has 2 amide bonds. The van der Waals surface area contributed by atoms with Crippen LogP contribution in [0.4, 0.5) is 37.9 Å². The third-order valence-electron chi connectivity index (χ3n) is 7.35. The standard InChI is InChI=1S/C32H36FN7O2/c1-4-24-19-28(42-3)12-13-29(24)37-30-20-31(36-22-35-30)40(32(41)34-21-23-6-5-7-25(33)18-23)27-10-8-26(9-11-27)39-16-14-38(2)15-17-39/h5-13,18-20,22H,4,14-17,21H2,1-3H3,(H,34,41)(H,35,36,37). The number of halogens is 1. The van der Waals surface area contributed by atoms with E-state index < -0.39 is 6.03 Å². The summed E-state index contributed by atoms with van der Waals surface area (Å²) in [5.74, 6) is 1.36. The number of carbonyl (C=O) groups is 1. The number of carbonyl (C=O) groups excluding carboxylic acids is 1. The van der Waals surface area contributed by atoms with E-state index in [-0.39, 0.29) is 12.4 Å². The first-order chi connectivity index (χ1) is 20.4. The number of aryl methyl sites for hydroxylation is 1. The van der Waals surface area contributed by atoms with Crippen molar-refractivity contribution in [1.29, 1.82) is 0 Å². The van der Waals surface area contributed by atoms with Gasteiger partial charge in [0.05, 0.1) is 12.8 Å². The van der Waals surface area contributed by atoms with E-state index in [1.54, 1.807) is 25.3 Å². The van der Waals surface area contributed by atoms with Crippen molar-refractivity contribution < 1.29 is 13.9 Å². The molecule has 10 heteroatoms. The summed E-state index contributed by atoms with van der Waals surface area (Å²) in [5.41, 5.74) is 4.36. The Labute approximate surface area is 246 Å². The number of rotatable bonds is 9. The lowest BCUT2D eigenvalue weighted by Crippen LogP contribution is -2.44. The van der Waals surface area contributed by atoms with Gasteiger partial charge in [-0.15, -0.1) is 0 Å². The summed E-state index contributed by atoms with van der Waals surface area (Å²) in [5, 5.41) is 6.28. The molecule has 9 nitrogen and oxygen atoms in total. The van der Waals surface area contributed by atoms with Crippen LogP contribution in [0.5, 0.6) is 5.75 Å². The molecule has 0 saturated carbocycles. The van der Waals surface area contributed by atoms with Gasteiger partial charge in [0.25, 0.3) is 0 Å². The van der Waals surface area contributed by atoms with E-state index in [9.17, 15) is 9.18 Å². The molecular weight excluding hydrogens is 533 g/mol. The molecule has 0 aliphatic carbocycles. The van der Waals surface area contributed by atoms with Gasteiger partial charge in [0.1, 0.15) is 29.5 Å². The number of nitrogens with zero attached hydrogens (tertiary/aromatic N) is 5. The van der Waals surface area contributed by atoms with Crippen LogP contribution in [-0.2, 0) is 13.0 Å². The first kappa shape index (κ1) is 28.8. The Kier molecular flexibility index (Phi) is 9.13. The van der Waals surface area contributed by atoms with E-state index in [2.05, 4.69) is 44.4 Å². The maximum atomic E-state index is 13.8. The molecule has 1 aliphatic rings. The molecule has 2 N–H and O–H groups in total. The number of hydrogen-bond donors (Lipinski definition) is 2. The van der Waals surface area contributed by atoms with Gasteiger partial charge in [0, 0.05) is 50.2 Å². The van der Waals surface area contributed by atoms with E-state index in [4.69, 9.17) is 4.74 Å². The second-order valence-corrected chi connectivity index (χ2v) is 10.2. The molecule has 0 unspecified atom stereocenters. The Morgan fingerprint density at radius 3 is 2.50 bits per heavy atom. The monoisotopic (exact) mass is 569 g/mol. The smallest absolute Gasteiger partial charge is 0.327 e. The fraction of sp³-hybridized carbons (Fsp3) is 0.281. The normalized spacial score (nSPS) is 13.5. The van der Waals surface area contributed by atoms with Gasteiger partial charge in [0.15, 0.2) is 0 Å². The number of nitrogens with one attached hydrogen (secondary N) is 2. The summed E-state index contributed by atoms with van der Waals surface area (Å²) in [6.45, 7) is 6.12. The highest BCUT2D eigenvalue weighted by atomic mass is 19.1. The first-order valence-electron chi connectivity index (χ1n) is 14.1. The maximum absolute atomic E-state index is 13.8. The Morgan fingerprint density at radius 2 is 1.79 bits per heavy atom. The van der Waals surface area contributed by atoms with E-state index in [0.717, 1.165) is 55.3 Å². The van der Waals surface area contributed by atoms with Gasteiger partial charge in [0.2, 0.25) is 0 Å². The van der Waals surface area contributed by atoms with Crippen LogP contribution in [0.1, 0.15) is 18.1 Å².